The van der Waals surface area contributed by atoms with Gasteiger partial charge in [0.25, 0.3) is 0 Å². The van der Waals surface area contributed by atoms with E-state index in [0.717, 1.165) is 56.1 Å². The van der Waals surface area contributed by atoms with Gasteiger partial charge in [0.15, 0.2) is 5.96 Å². The third kappa shape index (κ3) is 6.27. The van der Waals surface area contributed by atoms with E-state index in [1.165, 1.54) is 17.1 Å². The van der Waals surface area contributed by atoms with E-state index in [-0.39, 0.29) is 30.0 Å². The van der Waals surface area contributed by atoms with Gasteiger partial charge in [-0.15, -0.1) is 24.0 Å². The zero-order valence-electron chi connectivity index (χ0n) is 18.6. The second kappa shape index (κ2) is 11.8. The second-order valence-corrected chi connectivity index (χ2v) is 8.17. The van der Waals surface area contributed by atoms with Gasteiger partial charge in [0.1, 0.15) is 5.82 Å². The number of aryl methyl sites for hydroxylation is 2. The summed E-state index contributed by atoms with van der Waals surface area (Å²) in [6.45, 7) is 9.47. The summed E-state index contributed by atoms with van der Waals surface area (Å²) in [7, 11) is 6.13. The van der Waals surface area contributed by atoms with Crippen LogP contribution in [0.2, 0.25) is 0 Å². The van der Waals surface area contributed by atoms with Crippen LogP contribution in [0.4, 0.5) is 5.13 Å². The Kier molecular flexibility index (Phi) is 9.75. The van der Waals surface area contributed by atoms with Crippen molar-refractivity contribution in [2.45, 2.75) is 26.3 Å². The number of aromatic nitrogens is 4. The minimum absolute atomic E-state index is 0. The molecule has 11 heteroatoms. The molecule has 1 saturated heterocycles. The molecule has 2 aromatic rings. The van der Waals surface area contributed by atoms with Gasteiger partial charge in [0.05, 0.1) is 18.8 Å². The summed E-state index contributed by atoms with van der Waals surface area (Å²) in [6.07, 6.45) is 4.88. The summed E-state index contributed by atoms with van der Waals surface area (Å²) in [5, 5.41) is 8.82. The molecule has 1 N–H and O–H groups in total. The predicted molar refractivity (Wildman–Crippen MR) is 134 cm³/mol. The number of piperazine rings is 1. The highest BCUT2D eigenvalue weighted by molar-refractivity contribution is 14.0. The number of hydrogen-bond donors (Lipinski definition) is 1. The topological polar surface area (TPSA) is 77.7 Å². The van der Waals surface area contributed by atoms with Crippen LogP contribution < -0.4 is 10.2 Å². The molecule has 0 bridgehead atoms. The van der Waals surface area contributed by atoms with Gasteiger partial charge in [0, 0.05) is 69.5 Å². The van der Waals surface area contributed by atoms with E-state index in [2.05, 4.69) is 68.6 Å². The number of rotatable bonds is 7. The second-order valence-electron chi connectivity index (χ2n) is 7.44. The fourth-order valence-corrected chi connectivity index (χ4v) is 4.21. The SMILES string of the molecule is CCNC(=NCC(c1cnn(C)c1)N(C)C)N1CCN(c2nc(CC)ns2)CC1.I. The van der Waals surface area contributed by atoms with Crippen molar-refractivity contribution in [1.82, 2.24) is 34.3 Å². The smallest absolute Gasteiger partial charge is 0.205 e. The molecule has 9 nitrogen and oxygen atoms in total. The summed E-state index contributed by atoms with van der Waals surface area (Å²) < 4.78 is 6.26. The molecule has 0 radical (unpaired) electrons. The van der Waals surface area contributed by atoms with Crippen LogP contribution in [0, 0.1) is 0 Å². The number of guanidine groups is 1. The van der Waals surface area contributed by atoms with Crippen molar-refractivity contribution in [2.24, 2.45) is 12.0 Å². The van der Waals surface area contributed by atoms with E-state index in [1.54, 1.807) is 0 Å². The van der Waals surface area contributed by atoms with Crippen molar-refractivity contribution in [1.29, 1.82) is 0 Å². The molecule has 1 fully saturated rings. The van der Waals surface area contributed by atoms with Gasteiger partial charge in [0.2, 0.25) is 5.13 Å². The number of aliphatic imine (C=N–C) groups is 1. The first kappa shape index (κ1) is 24.8. The molecule has 0 saturated carbocycles. The van der Waals surface area contributed by atoms with Crippen LogP contribution in [0.3, 0.4) is 0 Å². The number of anilines is 1. The van der Waals surface area contributed by atoms with Crippen molar-refractivity contribution in [3.63, 3.8) is 0 Å². The standard InChI is InChI=1S/C19H33N9S.HI/c1-6-17-23-19(29-24-17)28-10-8-27(9-11-28)18(20-7-2)21-13-16(25(3)4)15-12-22-26(5)14-15;/h12,14,16H,6-11,13H2,1-5H3,(H,20,21);1H. The molecule has 1 aliphatic rings. The van der Waals surface area contributed by atoms with Crippen LogP contribution in [-0.4, -0.2) is 88.3 Å². The molecule has 3 rings (SSSR count). The highest BCUT2D eigenvalue weighted by Crippen LogP contribution is 2.20. The molecule has 0 spiro atoms. The number of nitrogens with zero attached hydrogens (tertiary/aromatic N) is 8. The summed E-state index contributed by atoms with van der Waals surface area (Å²) in [5.41, 5.74) is 1.19. The average Bonchev–Trinajstić information content (AvgIpc) is 3.36. The molecule has 0 aliphatic carbocycles. The number of nitrogens with one attached hydrogen (secondary N) is 1. The van der Waals surface area contributed by atoms with Crippen LogP contribution >= 0.6 is 35.5 Å². The molecule has 2 aromatic heterocycles. The zero-order chi connectivity index (χ0) is 20.8. The van der Waals surface area contributed by atoms with Crippen LogP contribution in [0.15, 0.2) is 17.4 Å². The normalized spacial score (nSPS) is 16.0. The number of likely N-dealkylation sites (N-methyl/N-ethyl adjacent to an activating group) is 1. The molecule has 1 atom stereocenters. The Balaban J connectivity index is 0.00000320. The minimum Gasteiger partial charge on any atom is -0.357 e. The Labute approximate surface area is 200 Å². The van der Waals surface area contributed by atoms with E-state index in [1.807, 2.05) is 17.9 Å². The Bertz CT molecular complexity index is 796. The van der Waals surface area contributed by atoms with E-state index >= 15 is 0 Å². The molecule has 168 valence electrons. The number of hydrogen-bond acceptors (Lipinski definition) is 7. The lowest BCUT2D eigenvalue weighted by Gasteiger charge is -2.36. The molecule has 1 unspecified atom stereocenters. The van der Waals surface area contributed by atoms with Gasteiger partial charge in [-0.3, -0.25) is 9.67 Å². The average molecular weight is 548 g/mol. The Morgan fingerprint density at radius 2 is 2.00 bits per heavy atom. The van der Waals surface area contributed by atoms with E-state index < -0.39 is 0 Å². The maximum Gasteiger partial charge on any atom is 0.205 e. The highest BCUT2D eigenvalue weighted by Gasteiger charge is 2.23. The Hall–Kier alpha value is -1.47. The monoisotopic (exact) mass is 547 g/mol. The van der Waals surface area contributed by atoms with Gasteiger partial charge in [-0.05, 0) is 21.0 Å². The van der Waals surface area contributed by atoms with Crippen molar-refractivity contribution >= 4 is 46.6 Å². The van der Waals surface area contributed by atoms with Gasteiger partial charge in [-0.25, -0.2) is 4.98 Å². The Morgan fingerprint density at radius 3 is 2.53 bits per heavy atom. The van der Waals surface area contributed by atoms with Crippen LogP contribution in [0.5, 0.6) is 0 Å². The predicted octanol–water partition coefficient (Wildman–Crippen LogP) is 1.84. The summed E-state index contributed by atoms with van der Waals surface area (Å²) >= 11 is 1.50. The van der Waals surface area contributed by atoms with Gasteiger partial charge < -0.3 is 20.0 Å². The molecule has 0 aromatic carbocycles. The maximum atomic E-state index is 4.97. The molecule has 30 heavy (non-hydrogen) atoms. The van der Waals surface area contributed by atoms with E-state index in [0.29, 0.717) is 6.54 Å². The van der Waals surface area contributed by atoms with Crippen LogP contribution in [-0.2, 0) is 13.5 Å². The van der Waals surface area contributed by atoms with Crippen LogP contribution in [0.1, 0.15) is 31.3 Å². The lowest BCUT2D eigenvalue weighted by Crippen LogP contribution is -2.52. The maximum absolute atomic E-state index is 4.97. The fourth-order valence-electron chi connectivity index (χ4n) is 3.40. The van der Waals surface area contributed by atoms with E-state index in [9.17, 15) is 0 Å². The lowest BCUT2D eigenvalue weighted by atomic mass is 10.1. The first-order valence-electron chi connectivity index (χ1n) is 10.3. The summed E-state index contributed by atoms with van der Waals surface area (Å²) in [6, 6.07) is 0.201. The third-order valence-corrected chi connectivity index (χ3v) is 5.92. The summed E-state index contributed by atoms with van der Waals surface area (Å²) in [4.78, 5) is 16.5. The van der Waals surface area contributed by atoms with Gasteiger partial charge in [-0.2, -0.15) is 9.47 Å². The number of halogens is 1. The fraction of sp³-hybridized carbons (Fsp3) is 0.684. The minimum atomic E-state index is 0. The van der Waals surface area contributed by atoms with Crippen molar-refractivity contribution in [3.8, 4) is 0 Å². The summed E-state index contributed by atoms with van der Waals surface area (Å²) in [5.74, 6) is 1.92. The van der Waals surface area contributed by atoms with Crippen molar-refractivity contribution in [3.05, 3.63) is 23.8 Å². The quantitative estimate of drug-likeness (QED) is 0.322. The first-order chi connectivity index (χ1) is 14.0. The lowest BCUT2D eigenvalue weighted by molar-refractivity contribution is 0.303. The first-order valence-corrected chi connectivity index (χ1v) is 11.0. The Morgan fingerprint density at radius 1 is 1.27 bits per heavy atom. The molecule has 1 aliphatic heterocycles. The largest absolute Gasteiger partial charge is 0.357 e. The zero-order valence-corrected chi connectivity index (χ0v) is 21.7. The van der Waals surface area contributed by atoms with Gasteiger partial charge >= 0.3 is 0 Å². The van der Waals surface area contributed by atoms with Crippen molar-refractivity contribution < 1.29 is 0 Å². The highest BCUT2D eigenvalue weighted by atomic mass is 127. The molecule has 3 heterocycles. The van der Waals surface area contributed by atoms with Crippen LogP contribution in [0.25, 0.3) is 0 Å². The van der Waals surface area contributed by atoms with E-state index in [4.69, 9.17) is 4.99 Å². The van der Waals surface area contributed by atoms with Crippen molar-refractivity contribution in [2.75, 3.05) is 58.3 Å². The molecule has 0 amide bonds. The molecular formula is C19H34IN9S. The van der Waals surface area contributed by atoms with Gasteiger partial charge in [-0.1, -0.05) is 6.92 Å². The third-order valence-electron chi connectivity index (χ3n) is 5.11. The molecular weight excluding hydrogens is 513 g/mol.